The molecule has 18 heavy (non-hydrogen) atoms. The number of nitrogens with one attached hydrogen (secondary N) is 1. The van der Waals surface area contributed by atoms with Crippen LogP contribution in [0, 0.1) is 11.3 Å². The standard InChI is InChI=1S/C14H23N3O/c1-3-5-6-11(4-2)10-18-13-8-7-12(9-17-13)14(15)16/h7-9,11H,3-6,10H2,1-2H3,(H3,15,16). The van der Waals surface area contributed by atoms with Crippen molar-refractivity contribution in [2.24, 2.45) is 11.7 Å². The van der Waals surface area contributed by atoms with E-state index in [0.717, 1.165) is 6.42 Å². The molecule has 0 saturated carbocycles. The van der Waals surface area contributed by atoms with Crippen molar-refractivity contribution in [3.05, 3.63) is 23.9 Å². The third kappa shape index (κ3) is 4.73. The van der Waals surface area contributed by atoms with Crippen LogP contribution in [0.15, 0.2) is 18.3 Å². The molecule has 4 nitrogen and oxygen atoms in total. The summed E-state index contributed by atoms with van der Waals surface area (Å²) in [5.74, 6) is 1.23. The summed E-state index contributed by atoms with van der Waals surface area (Å²) in [5.41, 5.74) is 5.99. The topological polar surface area (TPSA) is 72.0 Å². The highest BCUT2D eigenvalue weighted by atomic mass is 16.5. The predicted molar refractivity (Wildman–Crippen MR) is 74.1 cm³/mol. The van der Waals surface area contributed by atoms with Crippen molar-refractivity contribution in [3.63, 3.8) is 0 Å². The van der Waals surface area contributed by atoms with Crippen molar-refractivity contribution < 1.29 is 4.74 Å². The van der Waals surface area contributed by atoms with Gasteiger partial charge in [-0.25, -0.2) is 4.98 Å². The average Bonchev–Trinajstić information content (AvgIpc) is 2.39. The van der Waals surface area contributed by atoms with Crippen LogP contribution in [0.5, 0.6) is 5.88 Å². The zero-order chi connectivity index (χ0) is 13.4. The van der Waals surface area contributed by atoms with E-state index in [1.165, 1.54) is 19.3 Å². The number of amidine groups is 1. The number of ether oxygens (including phenoxy) is 1. The van der Waals surface area contributed by atoms with Crippen molar-refractivity contribution in [1.82, 2.24) is 4.98 Å². The van der Waals surface area contributed by atoms with E-state index in [1.807, 2.05) is 0 Å². The Labute approximate surface area is 109 Å². The first-order chi connectivity index (χ1) is 8.67. The third-order valence-corrected chi connectivity index (χ3v) is 3.06. The lowest BCUT2D eigenvalue weighted by molar-refractivity contribution is 0.226. The molecule has 0 aliphatic carbocycles. The maximum Gasteiger partial charge on any atom is 0.213 e. The minimum atomic E-state index is 0.0310. The Hall–Kier alpha value is -1.58. The number of nitrogens with zero attached hydrogens (tertiary/aromatic N) is 1. The van der Waals surface area contributed by atoms with Crippen molar-refractivity contribution >= 4 is 5.84 Å². The van der Waals surface area contributed by atoms with Gasteiger partial charge in [-0.15, -0.1) is 0 Å². The molecule has 0 bridgehead atoms. The van der Waals surface area contributed by atoms with Crippen LogP contribution < -0.4 is 10.5 Å². The highest BCUT2D eigenvalue weighted by Crippen LogP contribution is 2.15. The van der Waals surface area contributed by atoms with E-state index in [-0.39, 0.29) is 5.84 Å². The quantitative estimate of drug-likeness (QED) is 0.549. The maximum atomic E-state index is 7.28. The fourth-order valence-corrected chi connectivity index (χ4v) is 1.73. The van der Waals surface area contributed by atoms with E-state index in [1.54, 1.807) is 18.3 Å². The summed E-state index contributed by atoms with van der Waals surface area (Å²) in [7, 11) is 0. The maximum absolute atomic E-state index is 7.28. The summed E-state index contributed by atoms with van der Waals surface area (Å²) in [6, 6.07) is 3.53. The number of nitrogen functional groups attached to an aromatic ring is 1. The van der Waals surface area contributed by atoms with Crippen molar-refractivity contribution in [2.75, 3.05) is 6.61 Å². The normalized spacial score (nSPS) is 12.1. The van der Waals surface area contributed by atoms with E-state index < -0.39 is 0 Å². The predicted octanol–water partition coefficient (Wildman–Crippen LogP) is 2.96. The molecule has 0 amide bonds. The van der Waals surface area contributed by atoms with Gasteiger partial charge in [0.2, 0.25) is 5.88 Å². The first-order valence-corrected chi connectivity index (χ1v) is 6.60. The van der Waals surface area contributed by atoms with E-state index in [4.69, 9.17) is 15.9 Å². The van der Waals surface area contributed by atoms with Gasteiger partial charge in [-0.3, -0.25) is 5.41 Å². The second-order valence-electron chi connectivity index (χ2n) is 4.53. The van der Waals surface area contributed by atoms with Crippen LogP contribution in [0.4, 0.5) is 0 Å². The van der Waals surface area contributed by atoms with Gasteiger partial charge in [0.05, 0.1) is 6.61 Å². The number of aromatic nitrogens is 1. The fraction of sp³-hybridized carbons (Fsp3) is 0.571. The number of nitrogens with two attached hydrogens (primary N) is 1. The molecule has 1 aromatic heterocycles. The molecule has 0 aromatic carbocycles. The van der Waals surface area contributed by atoms with Crippen molar-refractivity contribution in [3.8, 4) is 5.88 Å². The first-order valence-electron chi connectivity index (χ1n) is 6.60. The molecule has 0 aliphatic rings. The Bertz CT molecular complexity index is 362. The molecular formula is C14H23N3O. The van der Waals surface area contributed by atoms with E-state index >= 15 is 0 Å². The Morgan fingerprint density at radius 2 is 2.22 bits per heavy atom. The van der Waals surface area contributed by atoms with Crippen LogP contribution in [0.3, 0.4) is 0 Å². The van der Waals surface area contributed by atoms with Gasteiger partial charge in [0, 0.05) is 17.8 Å². The second-order valence-corrected chi connectivity index (χ2v) is 4.53. The average molecular weight is 249 g/mol. The van der Waals surface area contributed by atoms with Gasteiger partial charge in [0.15, 0.2) is 0 Å². The minimum absolute atomic E-state index is 0.0310. The Kier molecular flexibility index (Phi) is 6.19. The summed E-state index contributed by atoms with van der Waals surface area (Å²) in [5, 5.41) is 7.28. The van der Waals surface area contributed by atoms with Gasteiger partial charge in [-0.2, -0.15) is 0 Å². The molecule has 1 aromatic rings. The van der Waals surface area contributed by atoms with Gasteiger partial charge in [-0.1, -0.05) is 33.1 Å². The van der Waals surface area contributed by atoms with Gasteiger partial charge in [-0.05, 0) is 18.4 Å². The van der Waals surface area contributed by atoms with Gasteiger partial charge in [0.1, 0.15) is 5.84 Å². The zero-order valence-electron chi connectivity index (χ0n) is 11.3. The molecule has 0 radical (unpaired) electrons. The van der Waals surface area contributed by atoms with Crippen LogP contribution in [-0.2, 0) is 0 Å². The summed E-state index contributed by atoms with van der Waals surface area (Å²) >= 11 is 0. The van der Waals surface area contributed by atoms with Gasteiger partial charge in [0.25, 0.3) is 0 Å². The van der Waals surface area contributed by atoms with E-state index in [9.17, 15) is 0 Å². The molecule has 1 unspecified atom stereocenters. The van der Waals surface area contributed by atoms with E-state index in [0.29, 0.717) is 24.0 Å². The number of unbranched alkanes of at least 4 members (excludes halogenated alkanes) is 1. The Morgan fingerprint density at radius 3 is 2.72 bits per heavy atom. The number of hydrogen-bond acceptors (Lipinski definition) is 3. The Morgan fingerprint density at radius 1 is 1.44 bits per heavy atom. The molecule has 100 valence electrons. The van der Waals surface area contributed by atoms with Gasteiger partial charge >= 0.3 is 0 Å². The summed E-state index contributed by atoms with van der Waals surface area (Å²) in [6.45, 7) is 5.11. The highest BCUT2D eigenvalue weighted by Gasteiger charge is 2.07. The third-order valence-electron chi connectivity index (χ3n) is 3.06. The minimum Gasteiger partial charge on any atom is -0.477 e. The number of hydrogen-bond donors (Lipinski definition) is 2. The molecular weight excluding hydrogens is 226 g/mol. The van der Waals surface area contributed by atoms with Gasteiger partial charge < -0.3 is 10.5 Å². The molecule has 1 atom stereocenters. The molecule has 0 saturated heterocycles. The van der Waals surface area contributed by atoms with E-state index in [2.05, 4.69) is 18.8 Å². The molecule has 1 rings (SSSR count). The molecule has 3 N–H and O–H groups in total. The van der Waals surface area contributed by atoms with Crippen LogP contribution in [0.25, 0.3) is 0 Å². The number of rotatable bonds is 8. The lowest BCUT2D eigenvalue weighted by Gasteiger charge is -2.15. The molecule has 4 heteroatoms. The molecule has 1 heterocycles. The van der Waals surface area contributed by atoms with Crippen molar-refractivity contribution in [2.45, 2.75) is 39.5 Å². The summed E-state index contributed by atoms with van der Waals surface area (Å²) in [4.78, 5) is 4.14. The highest BCUT2D eigenvalue weighted by molar-refractivity contribution is 5.94. The van der Waals surface area contributed by atoms with Crippen LogP contribution in [0.1, 0.15) is 45.1 Å². The van der Waals surface area contributed by atoms with Crippen LogP contribution in [-0.4, -0.2) is 17.4 Å². The lowest BCUT2D eigenvalue weighted by atomic mass is 10.0. The Balaban J connectivity index is 2.44. The SMILES string of the molecule is CCCCC(CC)COc1ccc(C(=N)N)cn1. The van der Waals surface area contributed by atoms with Crippen LogP contribution in [0.2, 0.25) is 0 Å². The summed E-state index contributed by atoms with van der Waals surface area (Å²) in [6.07, 6.45) is 6.38. The molecule has 0 aliphatic heterocycles. The monoisotopic (exact) mass is 249 g/mol. The zero-order valence-corrected chi connectivity index (χ0v) is 11.3. The van der Waals surface area contributed by atoms with Crippen molar-refractivity contribution in [1.29, 1.82) is 5.41 Å². The fourth-order valence-electron chi connectivity index (χ4n) is 1.73. The lowest BCUT2D eigenvalue weighted by Crippen LogP contribution is -2.13. The second kappa shape index (κ2) is 7.69. The van der Waals surface area contributed by atoms with Crippen LogP contribution >= 0.6 is 0 Å². The molecule has 0 spiro atoms. The largest absolute Gasteiger partial charge is 0.477 e. The smallest absolute Gasteiger partial charge is 0.213 e. The molecule has 0 fully saturated rings. The number of pyridine rings is 1. The first kappa shape index (κ1) is 14.5. The summed E-state index contributed by atoms with van der Waals surface area (Å²) < 4.78 is 5.67.